The molecule has 1 aromatic heterocycles. The van der Waals surface area contributed by atoms with Gasteiger partial charge in [0.15, 0.2) is 0 Å². The summed E-state index contributed by atoms with van der Waals surface area (Å²) in [4.78, 5) is 12.3. The number of hydrogen-bond acceptors (Lipinski definition) is 3. The third-order valence-electron chi connectivity index (χ3n) is 3.62. The molecular weight excluding hydrogens is 324 g/mol. The van der Waals surface area contributed by atoms with E-state index in [-0.39, 0.29) is 5.91 Å². The summed E-state index contributed by atoms with van der Waals surface area (Å²) in [5.41, 5.74) is 3.10. The predicted molar refractivity (Wildman–Crippen MR) is 94.9 cm³/mol. The van der Waals surface area contributed by atoms with Crippen LogP contribution >= 0.6 is 11.6 Å². The predicted octanol–water partition coefficient (Wildman–Crippen LogP) is 4.30. The van der Waals surface area contributed by atoms with Gasteiger partial charge < -0.3 is 5.32 Å². The van der Waals surface area contributed by atoms with Crippen LogP contribution in [0.5, 0.6) is 0 Å². The first-order valence-electron chi connectivity index (χ1n) is 7.62. The molecule has 2 aromatic carbocycles. The van der Waals surface area contributed by atoms with E-state index >= 15 is 0 Å². The standard InChI is InChI=1S/C18H17ClN4O/c1-12(2)17-11-20-22-23(17)16-5-3-4-15(10-16)21-18(24)13-6-8-14(19)9-7-13/h3-12H,1-2H3,(H,21,24). The maximum atomic E-state index is 12.3. The number of nitrogens with zero attached hydrogens (tertiary/aromatic N) is 3. The number of halogens is 1. The summed E-state index contributed by atoms with van der Waals surface area (Å²) in [7, 11) is 0. The van der Waals surface area contributed by atoms with Crippen molar-refractivity contribution in [2.24, 2.45) is 0 Å². The molecule has 0 saturated carbocycles. The van der Waals surface area contributed by atoms with Gasteiger partial charge in [-0.05, 0) is 48.4 Å². The summed E-state index contributed by atoms with van der Waals surface area (Å²) in [5.74, 6) is 0.110. The monoisotopic (exact) mass is 340 g/mol. The van der Waals surface area contributed by atoms with Gasteiger partial charge in [0, 0.05) is 16.3 Å². The second kappa shape index (κ2) is 6.84. The number of carbonyl (C=O) groups excluding carboxylic acids is 1. The largest absolute Gasteiger partial charge is 0.322 e. The fraction of sp³-hybridized carbons (Fsp3) is 0.167. The molecule has 0 aliphatic heterocycles. The van der Waals surface area contributed by atoms with Crippen molar-refractivity contribution in [1.82, 2.24) is 15.0 Å². The fourth-order valence-corrected chi connectivity index (χ4v) is 2.48. The van der Waals surface area contributed by atoms with E-state index < -0.39 is 0 Å². The van der Waals surface area contributed by atoms with Crippen LogP contribution in [0.2, 0.25) is 5.02 Å². The Labute approximate surface area is 145 Å². The molecule has 0 aliphatic carbocycles. The molecule has 1 N–H and O–H groups in total. The SMILES string of the molecule is CC(C)c1cnnn1-c1cccc(NC(=O)c2ccc(Cl)cc2)c1. The quantitative estimate of drug-likeness (QED) is 0.770. The molecule has 122 valence electrons. The van der Waals surface area contributed by atoms with Gasteiger partial charge in [-0.2, -0.15) is 0 Å². The summed E-state index contributed by atoms with van der Waals surface area (Å²) in [6.45, 7) is 4.17. The Bertz CT molecular complexity index is 855. The minimum Gasteiger partial charge on any atom is -0.322 e. The molecule has 3 rings (SSSR count). The molecule has 0 bridgehead atoms. The minimum atomic E-state index is -0.188. The van der Waals surface area contributed by atoms with Gasteiger partial charge in [-0.1, -0.05) is 36.7 Å². The first kappa shape index (κ1) is 16.2. The topological polar surface area (TPSA) is 59.8 Å². The number of carbonyl (C=O) groups is 1. The normalized spacial score (nSPS) is 10.8. The second-order valence-electron chi connectivity index (χ2n) is 5.74. The van der Waals surface area contributed by atoms with E-state index in [0.29, 0.717) is 22.2 Å². The van der Waals surface area contributed by atoms with Gasteiger partial charge in [-0.3, -0.25) is 4.79 Å². The van der Waals surface area contributed by atoms with Gasteiger partial charge in [0.05, 0.1) is 17.6 Å². The van der Waals surface area contributed by atoms with Crippen LogP contribution in [0.25, 0.3) is 5.69 Å². The van der Waals surface area contributed by atoms with Crippen LogP contribution in [0, 0.1) is 0 Å². The zero-order chi connectivity index (χ0) is 17.1. The van der Waals surface area contributed by atoms with E-state index in [4.69, 9.17) is 11.6 Å². The molecule has 24 heavy (non-hydrogen) atoms. The van der Waals surface area contributed by atoms with Crippen molar-refractivity contribution in [3.8, 4) is 5.69 Å². The molecule has 0 saturated heterocycles. The Morgan fingerprint density at radius 1 is 1.17 bits per heavy atom. The number of anilines is 1. The van der Waals surface area contributed by atoms with Gasteiger partial charge in [0.1, 0.15) is 0 Å². The third kappa shape index (κ3) is 3.46. The van der Waals surface area contributed by atoms with E-state index in [1.807, 2.05) is 24.3 Å². The molecule has 0 atom stereocenters. The van der Waals surface area contributed by atoms with Gasteiger partial charge in [0.2, 0.25) is 0 Å². The first-order valence-corrected chi connectivity index (χ1v) is 8.00. The maximum absolute atomic E-state index is 12.3. The summed E-state index contributed by atoms with van der Waals surface area (Å²) in [6.07, 6.45) is 1.75. The highest BCUT2D eigenvalue weighted by molar-refractivity contribution is 6.30. The highest BCUT2D eigenvalue weighted by Gasteiger charge is 2.11. The zero-order valence-electron chi connectivity index (χ0n) is 13.4. The van der Waals surface area contributed by atoms with Crippen molar-refractivity contribution < 1.29 is 4.79 Å². The molecule has 5 nitrogen and oxygen atoms in total. The number of hydrogen-bond donors (Lipinski definition) is 1. The van der Waals surface area contributed by atoms with E-state index in [1.165, 1.54) is 0 Å². The van der Waals surface area contributed by atoms with Gasteiger partial charge in [0.25, 0.3) is 5.91 Å². The lowest BCUT2D eigenvalue weighted by atomic mass is 10.1. The number of aromatic nitrogens is 3. The summed E-state index contributed by atoms with van der Waals surface area (Å²) in [6, 6.07) is 14.3. The smallest absolute Gasteiger partial charge is 0.255 e. The van der Waals surface area contributed by atoms with Gasteiger partial charge in [-0.15, -0.1) is 5.10 Å². The van der Waals surface area contributed by atoms with Crippen LogP contribution in [0.1, 0.15) is 35.8 Å². The lowest BCUT2D eigenvalue weighted by Crippen LogP contribution is -2.12. The summed E-state index contributed by atoms with van der Waals surface area (Å²) in [5, 5.41) is 11.6. The Hall–Kier alpha value is -2.66. The molecule has 0 spiro atoms. The van der Waals surface area contributed by atoms with Crippen molar-refractivity contribution in [3.05, 3.63) is 71.0 Å². The Balaban J connectivity index is 1.84. The Morgan fingerprint density at radius 3 is 2.62 bits per heavy atom. The second-order valence-corrected chi connectivity index (χ2v) is 6.17. The molecule has 1 amide bonds. The number of nitrogens with one attached hydrogen (secondary N) is 1. The van der Waals surface area contributed by atoms with Crippen LogP contribution in [-0.2, 0) is 0 Å². The first-order chi connectivity index (χ1) is 11.5. The third-order valence-corrected chi connectivity index (χ3v) is 3.87. The van der Waals surface area contributed by atoms with Crippen molar-refractivity contribution in [1.29, 1.82) is 0 Å². The minimum absolute atomic E-state index is 0.188. The highest BCUT2D eigenvalue weighted by Crippen LogP contribution is 2.20. The summed E-state index contributed by atoms with van der Waals surface area (Å²) < 4.78 is 1.78. The summed E-state index contributed by atoms with van der Waals surface area (Å²) >= 11 is 5.85. The average Bonchev–Trinajstić information content (AvgIpc) is 3.05. The van der Waals surface area contributed by atoms with Crippen LogP contribution in [0.4, 0.5) is 5.69 Å². The number of amides is 1. The number of rotatable bonds is 4. The molecule has 0 unspecified atom stereocenters. The zero-order valence-corrected chi connectivity index (χ0v) is 14.2. The fourth-order valence-electron chi connectivity index (χ4n) is 2.36. The van der Waals surface area contributed by atoms with Crippen LogP contribution in [0.15, 0.2) is 54.7 Å². The van der Waals surface area contributed by atoms with Crippen molar-refractivity contribution in [2.75, 3.05) is 5.32 Å². The van der Waals surface area contributed by atoms with E-state index in [0.717, 1.165) is 11.4 Å². The molecule has 0 radical (unpaired) electrons. The van der Waals surface area contributed by atoms with Crippen molar-refractivity contribution in [3.63, 3.8) is 0 Å². The molecular formula is C18H17ClN4O. The average molecular weight is 341 g/mol. The van der Waals surface area contributed by atoms with Crippen LogP contribution < -0.4 is 5.32 Å². The van der Waals surface area contributed by atoms with Crippen LogP contribution in [-0.4, -0.2) is 20.9 Å². The van der Waals surface area contributed by atoms with E-state index in [9.17, 15) is 4.79 Å². The maximum Gasteiger partial charge on any atom is 0.255 e. The highest BCUT2D eigenvalue weighted by atomic mass is 35.5. The number of benzene rings is 2. The van der Waals surface area contributed by atoms with E-state index in [1.54, 1.807) is 35.1 Å². The molecule has 0 aliphatic rings. The van der Waals surface area contributed by atoms with Gasteiger partial charge >= 0.3 is 0 Å². The molecule has 6 heteroatoms. The van der Waals surface area contributed by atoms with Gasteiger partial charge in [-0.25, -0.2) is 4.68 Å². The van der Waals surface area contributed by atoms with E-state index in [2.05, 4.69) is 29.5 Å². The Morgan fingerprint density at radius 2 is 1.92 bits per heavy atom. The molecule has 3 aromatic rings. The molecule has 1 heterocycles. The molecule has 0 fully saturated rings. The van der Waals surface area contributed by atoms with Crippen LogP contribution in [0.3, 0.4) is 0 Å². The van der Waals surface area contributed by atoms with Crippen molar-refractivity contribution in [2.45, 2.75) is 19.8 Å². The Kier molecular flexibility index (Phi) is 4.62. The van der Waals surface area contributed by atoms with Crippen molar-refractivity contribution >= 4 is 23.2 Å². The lowest BCUT2D eigenvalue weighted by molar-refractivity contribution is 0.102. The lowest BCUT2D eigenvalue weighted by Gasteiger charge is -2.11.